The van der Waals surface area contributed by atoms with Gasteiger partial charge in [-0.3, -0.25) is 4.79 Å². The number of anilines is 1. The molecule has 0 atom stereocenters. The highest BCUT2D eigenvalue weighted by Gasteiger charge is 2.39. The molecule has 2 rings (SSSR count). The summed E-state index contributed by atoms with van der Waals surface area (Å²) in [7, 11) is 3.85. The first kappa shape index (κ1) is 15.1. The molecule has 0 aliphatic heterocycles. The van der Waals surface area contributed by atoms with Crippen molar-refractivity contribution in [2.75, 3.05) is 19.0 Å². The van der Waals surface area contributed by atoms with Gasteiger partial charge in [0.2, 0.25) is 0 Å². The van der Waals surface area contributed by atoms with Crippen LogP contribution in [0.4, 0.5) is 5.69 Å². The summed E-state index contributed by atoms with van der Waals surface area (Å²) in [6.07, 6.45) is 5.02. The van der Waals surface area contributed by atoms with Gasteiger partial charge >= 0.3 is 0 Å². The van der Waals surface area contributed by atoms with Crippen molar-refractivity contribution in [2.45, 2.75) is 53.0 Å². The lowest BCUT2D eigenvalue weighted by Gasteiger charge is -2.44. The van der Waals surface area contributed by atoms with Gasteiger partial charge in [0, 0.05) is 20.2 Å². The third-order valence-electron chi connectivity index (χ3n) is 4.21. The first-order chi connectivity index (χ1) is 9.10. The van der Waals surface area contributed by atoms with Crippen LogP contribution in [0, 0.1) is 10.8 Å². The van der Waals surface area contributed by atoms with Crippen molar-refractivity contribution >= 4 is 5.69 Å². The number of nitrogens with zero attached hydrogens (tertiary/aromatic N) is 3. The maximum Gasteiger partial charge on any atom is 0.269 e. The topological polar surface area (TPSA) is 38.1 Å². The van der Waals surface area contributed by atoms with Crippen LogP contribution in [0.25, 0.3) is 0 Å². The van der Waals surface area contributed by atoms with Crippen molar-refractivity contribution in [3.05, 3.63) is 22.6 Å². The maximum absolute atomic E-state index is 12.3. The molecule has 1 fully saturated rings. The van der Waals surface area contributed by atoms with Crippen molar-refractivity contribution in [1.29, 1.82) is 0 Å². The van der Waals surface area contributed by atoms with Crippen molar-refractivity contribution in [1.82, 2.24) is 9.78 Å². The Morgan fingerprint density at radius 1 is 1.20 bits per heavy atom. The van der Waals surface area contributed by atoms with Gasteiger partial charge in [-0.1, -0.05) is 27.7 Å². The highest BCUT2D eigenvalue weighted by Crippen LogP contribution is 2.49. The molecular weight excluding hydrogens is 250 g/mol. The molecule has 0 spiro atoms. The second-order valence-corrected chi connectivity index (χ2v) is 7.96. The van der Waals surface area contributed by atoms with E-state index >= 15 is 0 Å². The summed E-state index contributed by atoms with van der Waals surface area (Å²) in [6, 6.07) is 1.89. The van der Waals surface area contributed by atoms with E-state index in [0.717, 1.165) is 18.5 Å². The van der Waals surface area contributed by atoms with Crippen molar-refractivity contribution < 1.29 is 0 Å². The summed E-state index contributed by atoms with van der Waals surface area (Å²) in [6.45, 7) is 9.17. The van der Waals surface area contributed by atoms with Gasteiger partial charge in [-0.05, 0) is 30.1 Å². The van der Waals surface area contributed by atoms with Crippen LogP contribution in [0.1, 0.15) is 53.0 Å². The monoisotopic (exact) mass is 277 g/mol. The minimum absolute atomic E-state index is 0.00898. The number of hydrogen-bond acceptors (Lipinski definition) is 3. The molecule has 4 heteroatoms. The molecule has 1 aliphatic rings. The largest absolute Gasteiger partial charge is 0.376 e. The minimum atomic E-state index is 0.00898. The Morgan fingerprint density at radius 2 is 1.75 bits per heavy atom. The fourth-order valence-electron chi connectivity index (χ4n) is 3.89. The molecule has 112 valence electrons. The molecule has 1 heterocycles. The molecule has 0 radical (unpaired) electrons. The molecule has 0 unspecified atom stereocenters. The highest BCUT2D eigenvalue weighted by molar-refractivity contribution is 5.40. The van der Waals surface area contributed by atoms with E-state index in [1.807, 2.05) is 19.0 Å². The van der Waals surface area contributed by atoms with Gasteiger partial charge in [-0.25, -0.2) is 4.68 Å². The Balaban J connectivity index is 2.34. The Hall–Kier alpha value is -1.32. The van der Waals surface area contributed by atoms with E-state index in [-0.39, 0.29) is 22.4 Å². The zero-order valence-electron chi connectivity index (χ0n) is 13.6. The van der Waals surface area contributed by atoms with Crippen LogP contribution < -0.4 is 10.5 Å². The van der Waals surface area contributed by atoms with E-state index in [1.165, 1.54) is 6.42 Å². The second-order valence-electron chi connectivity index (χ2n) is 7.96. The maximum atomic E-state index is 12.3. The van der Waals surface area contributed by atoms with E-state index in [9.17, 15) is 4.79 Å². The molecule has 0 bridgehead atoms. The first-order valence-corrected chi connectivity index (χ1v) is 7.36. The van der Waals surface area contributed by atoms with E-state index in [0.29, 0.717) is 0 Å². The van der Waals surface area contributed by atoms with Gasteiger partial charge in [0.05, 0.1) is 17.9 Å². The lowest BCUT2D eigenvalue weighted by Crippen LogP contribution is -2.39. The third-order valence-corrected chi connectivity index (χ3v) is 4.21. The smallest absolute Gasteiger partial charge is 0.269 e. The normalized spacial score (nSPS) is 21.7. The molecule has 0 N–H and O–H groups in total. The molecule has 0 saturated heterocycles. The highest BCUT2D eigenvalue weighted by atomic mass is 16.1. The van der Waals surface area contributed by atoms with Gasteiger partial charge < -0.3 is 4.90 Å². The molecular formula is C16H27N3O. The van der Waals surface area contributed by atoms with Gasteiger partial charge in [-0.2, -0.15) is 5.10 Å². The van der Waals surface area contributed by atoms with Gasteiger partial charge in [0.15, 0.2) is 0 Å². The van der Waals surface area contributed by atoms with Gasteiger partial charge in [0.1, 0.15) is 0 Å². The van der Waals surface area contributed by atoms with Crippen molar-refractivity contribution in [3.63, 3.8) is 0 Å². The van der Waals surface area contributed by atoms with E-state index in [1.54, 1.807) is 16.9 Å². The summed E-state index contributed by atoms with van der Waals surface area (Å²) in [5.41, 5.74) is 1.39. The van der Waals surface area contributed by atoms with Crippen LogP contribution in [-0.4, -0.2) is 23.9 Å². The minimum Gasteiger partial charge on any atom is -0.376 e. The van der Waals surface area contributed by atoms with Crippen molar-refractivity contribution in [3.8, 4) is 0 Å². The van der Waals surface area contributed by atoms with Gasteiger partial charge in [0.25, 0.3) is 5.56 Å². The molecule has 1 aromatic rings. The molecule has 0 aromatic carbocycles. The fourth-order valence-corrected chi connectivity index (χ4v) is 3.89. The van der Waals surface area contributed by atoms with Crippen LogP contribution in [-0.2, 0) is 0 Å². The molecule has 1 aliphatic carbocycles. The Bertz CT molecular complexity index is 527. The van der Waals surface area contributed by atoms with Crippen LogP contribution >= 0.6 is 0 Å². The standard InChI is InChI=1S/C16H27N3O/c1-15(2)8-13(9-16(3,4)11-15)19-14(20)7-12(10-17-19)18(5)6/h7,10,13H,8-9,11H2,1-6H3. The third kappa shape index (κ3) is 3.22. The van der Waals surface area contributed by atoms with Crippen molar-refractivity contribution in [2.24, 2.45) is 10.8 Å². The summed E-state index contributed by atoms with van der Waals surface area (Å²) in [4.78, 5) is 14.2. The summed E-state index contributed by atoms with van der Waals surface area (Å²) in [5.74, 6) is 0. The van der Waals surface area contributed by atoms with Crippen LogP contribution in [0.2, 0.25) is 0 Å². The summed E-state index contributed by atoms with van der Waals surface area (Å²) < 4.78 is 1.69. The lowest BCUT2D eigenvalue weighted by atomic mass is 9.63. The number of hydrogen-bond donors (Lipinski definition) is 0. The molecule has 4 nitrogen and oxygen atoms in total. The Labute approximate surface area is 121 Å². The quantitative estimate of drug-likeness (QED) is 0.833. The van der Waals surface area contributed by atoms with Crippen LogP contribution in [0.5, 0.6) is 0 Å². The predicted octanol–water partition coefficient (Wildman–Crippen LogP) is 3.09. The van der Waals surface area contributed by atoms with E-state index in [4.69, 9.17) is 0 Å². The fraction of sp³-hybridized carbons (Fsp3) is 0.750. The zero-order valence-corrected chi connectivity index (χ0v) is 13.6. The molecule has 1 aromatic heterocycles. The summed E-state index contributed by atoms with van der Waals surface area (Å²) in [5, 5.41) is 4.42. The van der Waals surface area contributed by atoms with E-state index in [2.05, 4.69) is 32.8 Å². The molecule has 0 amide bonds. The van der Waals surface area contributed by atoms with Crippen LogP contribution in [0.15, 0.2) is 17.1 Å². The number of aromatic nitrogens is 2. The second kappa shape index (κ2) is 4.90. The SMILES string of the molecule is CN(C)c1cnn(C2CC(C)(C)CC(C)(C)C2)c(=O)c1. The average Bonchev–Trinajstić information content (AvgIpc) is 2.24. The van der Waals surface area contributed by atoms with Gasteiger partial charge in [-0.15, -0.1) is 0 Å². The number of rotatable bonds is 2. The average molecular weight is 277 g/mol. The zero-order chi connectivity index (χ0) is 15.1. The molecule has 1 saturated carbocycles. The van der Waals surface area contributed by atoms with Crippen LogP contribution in [0.3, 0.4) is 0 Å². The Kier molecular flexibility index (Phi) is 3.69. The Morgan fingerprint density at radius 3 is 2.20 bits per heavy atom. The lowest BCUT2D eigenvalue weighted by molar-refractivity contribution is 0.0652. The summed E-state index contributed by atoms with van der Waals surface area (Å²) >= 11 is 0. The van der Waals surface area contributed by atoms with E-state index < -0.39 is 0 Å². The first-order valence-electron chi connectivity index (χ1n) is 7.36. The molecule has 20 heavy (non-hydrogen) atoms. The predicted molar refractivity (Wildman–Crippen MR) is 83.3 cm³/mol.